The molecular weight excluding hydrogens is 459 g/mol. The van der Waals surface area contributed by atoms with Gasteiger partial charge in [0.15, 0.2) is 0 Å². The Balaban J connectivity index is 1.79. The maximum Gasteiger partial charge on any atom is 0.265 e. The lowest BCUT2D eigenvalue weighted by atomic mass is 9.99. The van der Waals surface area contributed by atoms with Crippen LogP contribution in [0.25, 0.3) is 5.69 Å². The summed E-state index contributed by atoms with van der Waals surface area (Å²) < 4.78 is 49.1. The first kappa shape index (κ1) is 24.3. The molecule has 4 rings (SSSR count). The summed E-state index contributed by atoms with van der Waals surface area (Å²) >= 11 is 0. The maximum absolute atomic E-state index is 13.7. The largest absolute Gasteiger partial charge is 0.495 e. The molecule has 2 atom stereocenters. The standard InChI is InChI=1S/C26H24F3N3O3/c1-15-12-31(14-30-15)22-9-6-18(11-23(22)35-3)24(33)21-10-19(25(28)29)13-32(26(21)34)16(2)17-4-7-20(27)8-5-17/h4-14,16,24-25,33H,1-3H3/t16-,24?/m0/s1. The van der Waals surface area contributed by atoms with E-state index < -0.39 is 35.5 Å². The molecule has 0 saturated heterocycles. The Hall–Kier alpha value is -3.85. The molecule has 1 unspecified atom stereocenters. The second kappa shape index (κ2) is 9.79. The van der Waals surface area contributed by atoms with Crippen LogP contribution in [0, 0.1) is 12.7 Å². The number of aryl methyl sites for hydroxylation is 1. The van der Waals surface area contributed by atoms with Crippen molar-refractivity contribution >= 4 is 0 Å². The van der Waals surface area contributed by atoms with E-state index in [-0.39, 0.29) is 5.56 Å². The average Bonchev–Trinajstić information content (AvgIpc) is 3.29. The van der Waals surface area contributed by atoms with Gasteiger partial charge in [-0.15, -0.1) is 0 Å². The Morgan fingerprint density at radius 1 is 1.00 bits per heavy atom. The summed E-state index contributed by atoms with van der Waals surface area (Å²) in [6.45, 7) is 3.49. The van der Waals surface area contributed by atoms with Crippen molar-refractivity contribution in [3.8, 4) is 11.4 Å². The molecule has 2 aromatic carbocycles. The summed E-state index contributed by atoms with van der Waals surface area (Å²) in [5.74, 6) is -0.0436. The predicted octanol–water partition coefficient (Wildman–Crippen LogP) is 5.12. The number of hydrogen-bond donors (Lipinski definition) is 1. The van der Waals surface area contributed by atoms with Gasteiger partial charge in [-0.25, -0.2) is 18.2 Å². The summed E-state index contributed by atoms with van der Waals surface area (Å²) in [6.07, 6.45) is 0.137. The molecule has 1 N–H and O–H groups in total. The third-order valence-electron chi connectivity index (χ3n) is 5.92. The minimum Gasteiger partial charge on any atom is -0.495 e. The van der Waals surface area contributed by atoms with Crippen molar-refractivity contribution in [2.24, 2.45) is 0 Å². The number of imidazole rings is 1. The van der Waals surface area contributed by atoms with Crippen LogP contribution >= 0.6 is 0 Å². The van der Waals surface area contributed by atoms with Gasteiger partial charge in [0.05, 0.1) is 36.4 Å². The third-order valence-corrected chi connectivity index (χ3v) is 5.92. The first-order valence-electron chi connectivity index (χ1n) is 10.9. The number of pyridine rings is 1. The van der Waals surface area contributed by atoms with Crippen LogP contribution in [0.15, 0.2) is 72.0 Å². The Kier molecular flexibility index (Phi) is 6.79. The molecule has 35 heavy (non-hydrogen) atoms. The van der Waals surface area contributed by atoms with E-state index in [4.69, 9.17) is 4.74 Å². The van der Waals surface area contributed by atoms with E-state index in [1.807, 2.05) is 6.92 Å². The molecule has 0 radical (unpaired) electrons. The van der Waals surface area contributed by atoms with E-state index in [2.05, 4.69) is 4.98 Å². The number of nitrogens with zero attached hydrogens (tertiary/aromatic N) is 3. The quantitative estimate of drug-likeness (QED) is 0.396. The Bertz CT molecular complexity index is 1400. The number of halogens is 3. The van der Waals surface area contributed by atoms with Gasteiger partial charge in [-0.05, 0) is 55.3 Å². The number of aliphatic hydroxyl groups excluding tert-OH is 1. The van der Waals surface area contributed by atoms with Crippen LogP contribution in [-0.4, -0.2) is 26.3 Å². The highest BCUT2D eigenvalue weighted by molar-refractivity contribution is 5.50. The van der Waals surface area contributed by atoms with Gasteiger partial charge in [0.2, 0.25) is 0 Å². The van der Waals surface area contributed by atoms with Crippen LogP contribution < -0.4 is 10.3 Å². The van der Waals surface area contributed by atoms with Crippen molar-refractivity contribution in [2.45, 2.75) is 32.4 Å². The highest BCUT2D eigenvalue weighted by Crippen LogP contribution is 2.31. The van der Waals surface area contributed by atoms with E-state index in [9.17, 15) is 23.1 Å². The molecule has 0 bridgehead atoms. The van der Waals surface area contributed by atoms with Crippen molar-refractivity contribution in [1.29, 1.82) is 0 Å². The van der Waals surface area contributed by atoms with Gasteiger partial charge < -0.3 is 19.0 Å². The molecule has 0 aliphatic carbocycles. The monoisotopic (exact) mass is 483 g/mol. The van der Waals surface area contributed by atoms with Crippen LogP contribution in [0.3, 0.4) is 0 Å². The summed E-state index contributed by atoms with van der Waals surface area (Å²) in [5, 5.41) is 11.1. The zero-order chi connectivity index (χ0) is 25.3. The van der Waals surface area contributed by atoms with E-state index in [1.165, 1.54) is 31.4 Å². The van der Waals surface area contributed by atoms with E-state index in [1.54, 1.807) is 42.2 Å². The second-order valence-corrected chi connectivity index (χ2v) is 8.23. The smallest absolute Gasteiger partial charge is 0.265 e. The van der Waals surface area contributed by atoms with E-state index in [0.717, 1.165) is 22.5 Å². The molecule has 2 heterocycles. The van der Waals surface area contributed by atoms with Crippen molar-refractivity contribution in [3.63, 3.8) is 0 Å². The first-order valence-corrected chi connectivity index (χ1v) is 10.9. The van der Waals surface area contributed by atoms with Gasteiger partial charge in [0, 0.05) is 18.0 Å². The number of hydrogen-bond acceptors (Lipinski definition) is 4. The number of rotatable bonds is 7. The number of aromatic nitrogens is 3. The first-order chi connectivity index (χ1) is 16.7. The van der Waals surface area contributed by atoms with Crippen molar-refractivity contribution in [3.05, 3.63) is 111 Å². The zero-order valence-corrected chi connectivity index (χ0v) is 19.3. The van der Waals surface area contributed by atoms with Gasteiger partial charge in [0.1, 0.15) is 17.7 Å². The molecule has 0 aliphatic heterocycles. The Labute approximate surface area is 199 Å². The molecule has 0 fully saturated rings. The topological polar surface area (TPSA) is 69.3 Å². The van der Waals surface area contributed by atoms with E-state index >= 15 is 0 Å². The van der Waals surface area contributed by atoms with Crippen LogP contribution in [0.4, 0.5) is 13.2 Å². The molecule has 0 aliphatic rings. The molecule has 9 heteroatoms. The number of methoxy groups -OCH3 is 1. The number of aliphatic hydroxyl groups is 1. The number of ether oxygens (including phenoxy) is 1. The zero-order valence-electron chi connectivity index (χ0n) is 19.3. The number of benzene rings is 2. The Morgan fingerprint density at radius 2 is 1.69 bits per heavy atom. The Morgan fingerprint density at radius 3 is 2.29 bits per heavy atom. The van der Waals surface area contributed by atoms with Crippen molar-refractivity contribution < 1.29 is 23.0 Å². The van der Waals surface area contributed by atoms with Crippen LogP contribution in [0.5, 0.6) is 5.75 Å². The minimum absolute atomic E-state index is 0.204. The molecule has 2 aromatic heterocycles. The summed E-state index contributed by atoms with van der Waals surface area (Å²) in [7, 11) is 1.47. The maximum atomic E-state index is 13.7. The van der Waals surface area contributed by atoms with Crippen molar-refractivity contribution in [1.82, 2.24) is 14.1 Å². The molecule has 0 spiro atoms. The lowest BCUT2D eigenvalue weighted by Gasteiger charge is -2.21. The SMILES string of the molecule is COc1cc(C(O)c2cc(C(F)F)cn([C@@H](C)c3ccc(F)cc3)c2=O)ccc1-n1cnc(C)c1. The molecule has 182 valence electrons. The summed E-state index contributed by atoms with van der Waals surface area (Å²) in [5.41, 5.74) is 1.07. The third kappa shape index (κ3) is 4.85. The van der Waals surface area contributed by atoms with Gasteiger partial charge in [0.25, 0.3) is 12.0 Å². The number of alkyl halides is 2. The summed E-state index contributed by atoms with van der Waals surface area (Å²) in [4.78, 5) is 17.5. The lowest BCUT2D eigenvalue weighted by Crippen LogP contribution is -2.29. The predicted molar refractivity (Wildman–Crippen MR) is 125 cm³/mol. The lowest BCUT2D eigenvalue weighted by molar-refractivity contribution is 0.149. The molecular formula is C26H24F3N3O3. The fourth-order valence-corrected chi connectivity index (χ4v) is 3.96. The van der Waals surface area contributed by atoms with Gasteiger partial charge >= 0.3 is 0 Å². The molecule has 0 saturated carbocycles. The second-order valence-electron chi connectivity index (χ2n) is 8.23. The van der Waals surface area contributed by atoms with E-state index in [0.29, 0.717) is 22.6 Å². The molecule has 6 nitrogen and oxygen atoms in total. The van der Waals surface area contributed by atoms with Crippen LogP contribution in [0.2, 0.25) is 0 Å². The molecule has 4 aromatic rings. The van der Waals surface area contributed by atoms with Gasteiger partial charge in [-0.1, -0.05) is 18.2 Å². The average molecular weight is 483 g/mol. The fraction of sp³-hybridized carbons (Fsp3) is 0.231. The summed E-state index contributed by atoms with van der Waals surface area (Å²) in [6, 6.07) is 10.6. The fourth-order valence-electron chi connectivity index (χ4n) is 3.96. The highest BCUT2D eigenvalue weighted by Gasteiger charge is 2.23. The van der Waals surface area contributed by atoms with Gasteiger partial charge in [-0.2, -0.15) is 0 Å². The van der Waals surface area contributed by atoms with Gasteiger partial charge in [-0.3, -0.25) is 4.79 Å². The van der Waals surface area contributed by atoms with Crippen LogP contribution in [-0.2, 0) is 0 Å². The minimum atomic E-state index is -2.87. The molecule has 0 amide bonds. The van der Waals surface area contributed by atoms with Crippen molar-refractivity contribution in [2.75, 3.05) is 7.11 Å². The van der Waals surface area contributed by atoms with Crippen LogP contribution in [0.1, 0.15) is 53.4 Å². The highest BCUT2D eigenvalue weighted by atomic mass is 19.3. The normalized spacial score (nSPS) is 13.1.